The van der Waals surface area contributed by atoms with Gasteiger partial charge in [-0.2, -0.15) is 13.2 Å². The molecule has 0 radical (unpaired) electrons. The van der Waals surface area contributed by atoms with Crippen molar-refractivity contribution < 1.29 is 26.7 Å². The van der Waals surface area contributed by atoms with E-state index in [4.69, 9.17) is 11.6 Å². The number of hydrogen-bond acceptors (Lipinski definition) is 3. The molecule has 0 saturated heterocycles. The van der Waals surface area contributed by atoms with Crippen LogP contribution in [0.3, 0.4) is 0 Å². The first-order valence-electron chi connectivity index (χ1n) is 7.56. The minimum atomic E-state index is -4.56. The molecular weight excluding hydrogens is 411 g/mol. The lowest BCUT2D eigenvalue weighted by Crippen LogP contribution is -2.24. The molecule has 2 aromatic rings. The van der Waals surface area contributed by atoms with Crippen LogP contribution in [0, 0.1) is 0 Å². The highest BCUT2D eigenvalue weighted by Crippen LogP contribution is 2.38. The van der Waals surface area contributed by atoms with Gasteiger partial charge in [0.15, 0.2) is 5.01 Å². The van der Waals surface area contributed by atoms with Gasteiger partial charge in [-0.3, -0.25) is 4.79 Å². The Morgan fingerprint density at radius 3 is 2.67 bits per heavy atom. The number of alkyl halides is 3. The van der Waals surface area contributed by atoms with E-state index in [0.29, 0.717) is 0 Å². The van der Waals surface area contributed by atoms with Gasteiger partial charge in [-0.25, -0.2) is 13.8 Å². The SMILES string of the molecule is O=C(NC1=C(F)CCC=C1F)c1ncc(-c2cc(C(F)(F)F)ccc2Cl)s1. The van der Waals surface area contributed by atoms with E-state index in [1.807, 2.05) is 0 Å². The topological polar surface area (TPSA) is 42.0 Å². The number of allylic oxidation sites excluding steroid dienone is 3. The van der Waals surface area contributed by atoms with Gasteiger partial charge >= 0.3 is 6.18 Å². The fraction of sp³-hybridized carbons (Fsp3) is 0.176. The van der Waals surface area contributed by atoms with Gasteiger partial charge < -0.3 is 5.32 Å². The van der Waals surface area contributed by atoms with Crippen LogP contribution >= 0.6 is 22.9 Å². The summed E-state index contributed by atoms with van der Waals surface area (Å²) in [6.45, 7) is 0. The van der Waals surface area contributed by atoms with Crippen molar-refractivity contribution in [1.29, 1.82) is 0 Å². The third-order valence-electron chi connectivity index (χ3n) is 3.70. The summed E-state index contributed by atoms with van der Waals surface area (Å²) in [5.41, 5.74) is -1.40. The fourth-order valence-corrected chi connectivity index (χ4v) is 3.49. The number of aromatic nitrogens is 1. The van der Waals surface area contributed by atoms with Crippen LogP contribution in [-0.4, -0.2) is 10.9 Å². The molecule has 1 N–H and O–H groups in total. The molecule has 0 bridgehead atoms. The Hall–Kier alpha value is -2.26. The molecule has 0 saturated carbocycles. The van der Waals surface area contributed by atoms with Crippen LogP contribution in [0.5, 0.6) is 0 Å². The van der Waals surface area contributed by atoms with Crippen molar-refractivity contribution >= 4 is 28.8 Å². The van der Waals surface area contributed by atoms with E-state index >= 15 is 0 Å². The van der Waals surface area contributed by atoms with Gasteiger partial charge in [0.1, 0.15) is 17.4 Å². The number of thiazole rings is 1. The highest BCUT2D eigenvalue weighted by atomic mass is 35.5. The van der Waals surface area contributed by atoms with Crippen molar-refractivity contribution in [3.63, 3.8) is 0 Å². The second-order valence-electron chi connectivity index (χ2n) is 5.55. The van der Waals surface area contributed by atoms with Gasteiger partial charge in [0.05, 0.1) is 10.4 Å². The van der Waals surface area contributed by atoms with Crippen LogP contribution in [0.1, 0.15) is 28.2 Å². The monoisotopic (exact) mass is 420 g/mol. The number of hydrogen-bond donors (Lipinski definition) is 1. The zero-order chi connectivity index (χ0) is 19.8. The van der Waals surface area contributed by atoms with Crippen molar-refractivity contribution in [2.24, 2.45) is 0 Å². The van der Waals surface area contributed by atoms with Crippen LogP contribution in [0.15, 0.2) is 47.8 Å². The zero-order valence-corrected chi connectivity index (χ0v) is 14.9. The van der Waals surface area contributed by atoms with E-state index in [1.165, 1.54) is 6.20 Å². The number of nitrogens with one attached hydrogen (secondary N) is 1. The zero-order valence-electron chi connectivity index (χ0n) is 13.3. The predicted molar refractivity (Wildman–Crippen MR) is 91.6 cm³/mol. The molecule has 3 nitrogen and oxygen atoms in total. The van der Waals surface area contributed by atoms with Crippen LogP contribution in [-0.2, 0) is 6.18 Å². The molecule has 0 spiro atoms. The first-order chi connectivity index (χ1) is 12.7. The number of halogens is 6. The summed E-state index contributed by atoms with van der Waals surface area (Å²) in [7, 11) is 0. The van der Waals surface area contributed by atoms with Crippen LogP contribution in [0.2, 0.25) is 5.02 Å². The molecule has 142 valence electrons. The molecule has 0 atom stereocenters. The summed E-state index contributed by atoms with van der Waals surface area (Å²) >= 11 is 6.72. The first kappa shape index (κ1) is 19.5. The Balaban J connectivity index is 1.87. The van der Waals surface area contributed by atoms with Crippen LogP contribution in [0.25, 0.3) is 10.4 Å². The van der Waals surface area contributed by atoms with Gasteiger partial charge in [-0.05, 0) is 30.7 Å². The van der Waals surface area contributed by atoms with Crippen molar-refractivity contribution in [2.45, 2.75) is 19.0 Å². The van der Waals surface area contributed by atoms with E-state index in [0.717, 1.165) is 35.6 Å². The lowest BCUT2D eigenvalue weighted by atomic mass is 10.1. The number of benzene rings is 1. The summed E-state index contributed by atoms with van der Waals surface area (Å²) in [6.07, 6.45) is -2.08. The van der Waals surface area contributed by atoms with E-state index in [1.54, 1.807) is 0 Å². The fourth-order valence-electron chi connectivity index (χ4n) is 2.37. The van der Waals surface area contributed by atoms with E-state index in [-0.39, 0.29) is 33.3 Å². The van der Waals surface area contributed by atoms with Crippen LogP contribution in [0.4, 0.5) is 22.0 Å². The van der Waals surface area contributed by atoms with E-state index in [2.05, 4.69) is 10.3 Å². The van der Waals surface area contributed by atoms with E-state index < -0.39 is 35.0 Å². The summed E-state index contributed by atoms with van der Waals surface area (Å²) in [4.78, 5) is 16.2. The third kappa shape index (κ3) is 4.19. The molecule has 1 aromatic heterocycles. The Labute approximate surface area is 159 Å². The number of carbonyl (C=O) groups excluding carboxylic acids is 1. The lowest BCUT2D eigenvalue weighted by molar-refractivity contribution is -0.137. The minimum Gasteiger partial charge on any atom is -0.315 e. The summed E-state index contributed by atoms with van der Waals surface area (Å²) in [5, 5.41) is 1.99. The third-order valence-corrected chi connectivity index (χ3v) is 5.05. The van der Waals surface area contributed by atoms with Crippen molar-refractivity contribution in [1.82, 2.24) is 10.3 Å². The molecule has 0 aliphatic heterocycles. The second-order valence-corrected chi connectivity index (χ2v) is 6.98. The highest BCUT2D eigenvalue weighted by molar-refractivity contribution is 7.17. The number of amides is 1. The Morgan fingerprint density at radius 2 is 2.00 bits per heavy atom. The standard InChI is InChI=1S/C17H10ClF5N2OS/c18-10-5-4-8(17(21,22)23)6-9(10)13-7-24-16(27-13)15(26)25-14-11(19)2-1-3-12(14)20/h2,4-7H,1,3H2,(H,25,26). The maximum atomic E-state index is 13.7. The molecule has 27 heavy (non-hydrogen) atoms. The molecule has 1 aromatic carbocycles. The molecule has 1 aliphatic carbocycles. The van der Waals surface area contributed by atoms with Gasteiger partial charge in [-0.1, -0.05) is 11.6 Å². The molecule has 3 rings (SSSR count). The van der Waals surface area contributed by atoms with Crippen LogP contribution < -0.4 is 5.32 Å². The number of carbonyl (C=O) groups is 1. The molecule has 0 fully saturated rings. The maximum absolute atomic E-state index is 13.7. The van der Waals surface area contributed by atoms with Crippen molar-refractivity contribution in [3.8, 4) is 10.4 Å². The maximum Gasteiger partial charge on any atom is 0.416 e. The highest BCUT2D eigenvalue weighted by Gasteiger charge is 2.31. The molecule has 1 aliphatic rings. The van der Waals surface area contributed by atoms with Gasteiger partial charge in [0.25, 0.3) is 5.91 Å². The minimum absolute atomic E-state index is 0.0357. The Bertz CT molecular complexity index is 964. The lowest BCUT2D eigenvalue weighted by Gasteiger charge is -2.12. The summed E-state index contributed by atoms with van der Waals surface area (Å²) < 4.78 is 66.0. The average molecular weight is 421 g/mol. The van der Waals surface area contributed by atoms with Crippen molar-refractivity contribution in [2.75, 3.05) is 0 Å². The summed E-state index contributed by atoms with van der Waals surface area (Å²) in [5.74, 6) is -2.55. The van der Waals surface area contributed by atoms with Gasteiger partial charge in [-0.15, -0.1) is 11.3 Å². The molecule has 1 amide bonds. The molecular formula is C17H10ClF5N2OS. The van der Waals surface area contributed by atoms with Gasteiger partial charge in [0, 0.05) is 23.2 Å². The Kier molecular flexibility index (Phi) is 5.34. The largest absolute Gasteiger partial charge is 0.416 e. The molecule has 0 unspecified atom stereocenters. The number of nitrogens with zero attached hydrogens (tertiary/aromatic N) is 1. The summed E-state index contributed by atoms with van der Waals surface area (Å²) in [6, 6.07) is 2.79. The normalized spacial score (nSPS) is 15.0. The van der Waals surface area contributed by atoms with Crippen molar-refractivity contribution in [3.05, 3.63) is 63.4 Å². The van der Waals surface area contributed by atoms with Gasteiger partial charge in [0.2, 0.25) is 0 Å². The molecule has 1 heterocycles. The average Bonchev–Trinajstić information content (AvgIpc) is 3.07. The second kappa shape index (κ2) is 7.40. The smallest absolute Gasteiger partial charge is 0.315 e. The quantitative estimate of drug-likeness (QED) is 0.615. The predicted octanol–water partition coefficient (Wildman–Crippen LogP) is 6.04. The molecule has 10 heteroatoms. The number of rotatable bonds is 3. The Morgan fingerprint density at radius 1 is 1.26 bits per heavy atom. The van der Waals surface area contributed by atoms with E-state index in [9.17, 15) is 26.7 Å². The first-order valence-corrected chi connectivity index (χ1v) is 8.75.